The van der Waals surface area contributed by atoms with E-state index < -0.39 is 11.7 Å². The summed E-state index contributed by atoms with van der Waals surface area (Å²) < 4.78 is 40.3. The molecule has 1 heterocycles. The fourth-order valence-electron chi connectivity index (χ4n) is 2.49. The molecule has 0 aliphatic rings. The van der Waals surface area contributed by atoms with E-state index in [9.17, 15) is 13.2 Å². The SMILES string of the molecule is FC(F)(F)c1cccc(C=Cc2ccccc2)c1-c1ccccn1. The van der Waals surface area contributed by atoms with Gasteiger partial charge in [0.25, 0.3) is 0 Å². The zero-order valence-electron chi connectivity index (χ0n) is 12.7. The molecule has 0 bridgehead atoms. The average Bonchev–Trinajstić information content (AvgIpc) is 2.60. The molecule has 1 aromatic heterocycles. The summed E-state index contributed by atoms with van der Waals surface area (Å²) >= 11 is 0. The van der Waals surface area contributed by atoms with Crippen LogP contribution in [0.25, 0.3) is 23.4 Å². The Morgan fingerprint density at radius 3 is 2.17 bits per heavy atom. The Morgan fingerprint density at radius 1 is 0.750 bits per heavy atom. The van der Waals surface area contributed by atoms with E-state index in [-0.39, 0.29) is 5.56 Å². The number of rotatable bonds is 3. The van der Waals surface area contributed by atoms with Gasteiger partial charge in [0.1, 0.15) is 0 Å². The number of alkyl halides is 3. The summed E-state index contributed by atoms with van der Waals surface area (Å²) in [6, 6.07) is 18.6. The molecule has 0 N–H and O–H groups in total. The first-order valence-corrected chi connectivity index (χ1v) is 7.40. The van der Waals surface area contributed by atoms with Crippen LogP contribution in [0.15, 0.2) is 72.9 Å². The molecule has 0 atom stereocenters. The van der Waals surface area contributed by atoms with Crippen molar-refractivity contribution in [3.8, 4) is 11.3 Å². The number of nitrogens with zero attached hydrogens (tertiary/aromatic N) is 1. The van der Waals surface area contributed by atoms with E-state index in [0.29, 0.717) is 11.3 Å². The highest BCUT2D eigenvalue weighted by Gasteiger charge is 2.34. The molecule has 0 amide bonds. The standard InChI is InChI=1S/C20H14F3N/c21-20(22,23)17-10-6-9-16(13-12-15-7-2-1-3-8-15)19(17)18-11-4-5-14-24-18/h1-14H. The Kier molecular flexibility index (Phi) is 4.47. The summed E-state index contributed by atoms with van der Waals surface area (Å²) in [6.07, 6.45) is 0.535. The predicted molar refractivity (Wildman–Crippen MR) is 90.0 cm³/mol. The highest BCUT2D eigenvalue weighted by atomic mass is 19.4. The van der Waals surface area contributed by atoms with Gasteiger partial charge in [0.15, 0.2) is 0 Å². The molecule has 24 heavy (non-hydrogen) atoms. The number of halogens is 3. The smallest absolute Gasteiger partial charge is 0.256 e. The van der Waals surface area contributed by atoms with Crippen LogP contribution >= 0.6 is 0 Å². The van der Waals surface area contributed by atoms with E-state index in [1.54, 1.807) is 36.4 Å². The average molecular weight is 325 g/mol. The minimum atomic E-state index is -4.44. The van der Waals surface area contributed by atoms with E-state index in [1.165, 1.54) is 12.3 Å². The van der Waals surface area contributed by atoms with E-state index in [2.05, 4.69) is 4.98 Å². The number of hydrogen-bond donors (Lipinski definition) is 0. The van der Waals surface area contributed by atoms with Crippen molar-refractivity contribution in [2.24, 2.45) is 0 Å². The van der Waals surface area contributed by atoms with Gasteiger partial charge < -0.3 is 0 Å². The van der Waals surface area contributed by atoms with Crippen molar-refractivity contribution in [3.63, 3.8) is 0 Å². The van der Waals surface area contributed by atoms with E-state index in [1.807, 2.05) is 30.3 Å². The zero-order valence-corrected chi connectivity index (χ0v) is 12.7. The lowest BCUT2D eigenvalue weighted by atomic mass is 9.96. The van der Waals surface area contributed by atoms with E-state index in [4.69, 9.17) is 0 Å². The first kappa shape index (κ1) is 16.0. The van der Waals surface area contributed by atoms with Crippen LogP contribution in [0, 0.1) is 0 Å². The van der Waals surface area contributed by atoms with Gasteiger partial charge in [0.05, 0.1) is 11.3 Å². The summed E-state index contributed by atoms with van der Waals surface area (Å²) in [5.74, 6) is 0. The number of hydrogen-bond acceptors (Lipinski definition) is 1. The summed E-state index contributed by atoms with van der Waals surface area (Å²) in [5, 5.41) is 0. The lowest BCUT2D eigenvalue weighted by Crippen LogP contribution is -2.08. The van der Waals surface area contributed by atoms with Crippen LogP contribution in [-0.2, 0) is 6.18 Å². The third-order valence-corrected chi connectivity index (χ3v) is 3.58. The molecule has 0 spiro atoms. The predicted octanol–water partition coefficient (Wildman–Crippen LogP) is 5.94. The highest BCUT2D eigenvalue weighted by Crippen LogP contribution is 2.38. The molecule has 0 fully saturated rings. The molecule has 2 aromatic carbocycles. The van der Waals surface area contributed by atoms with Gasteiger partial charge in [-0.05, 0) is 29.3 Å². The Bertz CT molecular complexity index is 838. The molecular formula is C20H14F3N. The minimum Gasteiger partial charge on any atom is -0.256 e. The topological polar surface area (TPSA) is 12.9 Å². The molecule has 3 aromatic rings. The van der Waals surface area contributed by atoms with Crippen molar-refractivity contribution in [2.45, 2.75) is 6.18 Å². The Hall–Kier alpha value is -2.88. The van der Waals surface area contributed by atoms with Gasteiger partial charge in [-0.2, -0.15) is 13.2 Å². The summed E-state index contributed by atoms with van der Waals surface area (Å²) in [4.78, 5) is 4.10. The Labute approximate surface area is 138 Å². The maximum Gasteiger partial charge on any atom is 0.417 e. The molecule has 1 nitrogen and oxygen atoms in total. The molecule has 4 heteroatoms. The molecule has 0 unspecified atom stereocenters. The third kappa shape index (κ3) is 3.54. The second kappa shape index (κ2) is 6.71. The van der Waals surface area contributed by atoms with Crippen LogP contribution in [-0.4, -0.2) is 4.98 Å². The number of pyridine rings is 1. The Balaban J connectivity index is 2.14. The lowest BCUT2D eigenvalue weighted by Gasteiger charge is -2.15. The second-order valence-electron chi connectivity index (χ2n) is 5.23. The molecule has 0 radical (unpaired) electrons. The van der Waals surface area contributed by atoms with Crippen molar-refractivity contribution in [1.82, 2.24) is 4.98 Å². The molecule has 120 valence electrons. The minimum absolute atomic E-state index is 0.0952. The molecule has 0 aliphatic heterocycles. The van der Waals surface area contributed by atoms with Crippen LogP contribution < -0.4 is 0 Å². The first-order chi connectivity index (χ1) is 11.6. The van der Waals surface area contributed by atoms with E-state index >= 15 is 0 Å². The maximum atomic E-state index is 13.4. The fraction of sp³-hybridized carbons (Fsp3) is 0.0500. The van der Waals surface area contributed by atoms with Crippen LogP contribution in [0.2, 0.25) is 0 Å². The van der Waals surface area contributed by atoms with Crippen LogP contribution in [0.1, 0.15) is 16.7 Å². The van der Waals surface area contributed by atoms with Crippen LogP contribution in [0.3, 0.4) is 0 Å². The fourth-order valence-corrected chi connectivity index (χ4v) is 2.49. The van der Waals surface area contributed by atoms with Gasteiger partial charge in [-0.15, -0.1) is 0 Å². The van der Waals surface area contributed by atoms with E-state index in [0.717, 1.165) is 11.6 Å². The highest BCUT2D eigenvalue weighted by molar-refractivity contribution is 5.81. The molecule has 0 saturated heterocycles. The zero-order chi connectivity index (χ0) is 17.0. The molecule has 0 aliphatic carbocycles. The Morgan fingerprint density at radius 2 is 1.50 bits per heavy atom. The molecule has 3 rings (SSSR count). The van der Waals surface area contributed by atoms with Gasteiger partial charge in [-0.25, -0.2) is 0 Å². The maximum absolute atomic E-state index is 13.4. The molecule has 0 saturated carbocycles. The van der Waals surface area contributed by atoms with Gasteiger partial charge in [0, 0.05) is 11.8 Å². The summed E-state index contributed by atoms with van der Waals surface area (Å²) in [6.45, 7) is 0. The van der Waals surface area contributed by atoms with Crippen LogP contribution in [0.5, 0.6) is 0 Å². The summed E-state index contributed by atoms with van der Waals surface area (Å²) in [5.41, 5.74) is 1.11. The van der Waals surface area contributed by atoms with Crippen molar-refractivity contribution >= 4 is 12.2 Å². The molecular weight excluding hydrogens is 311 g/mol. The van der Waals surface area contributed by atoms with Crippen molar-refractivity contribution in [1.29, 1.82) is 0 Å². The van der Waals surface area contributed by atoms with Crippen LogP contribution in [0.4, 0.5) is 13.2 Å². The summed E-state index contributed by atoms with van der Waals surface area (Å²) in [7, 11) is 0. The first-order valence-electron chi connectivity index (χ1n) is 7.40. The van der Waals surface area contributed by atoms with Crippen molar-refractivity contribution < 1.29 is 13.2 Å². The third-order valence-electron chi connectivity index (χ3n) is 3.58. The van der Waals surface area contributed by atoms with Crippen molar-refractivity contribution in [3.05, 3.63) is 89.6 Å². The lowest BCUT2D eigenvalue weighted by molar-refractivity contribution is -0.137. The van der Waals surface area contributed by atoms with Gasteiger partial charge in [-0.3, -0.25) is 4.98 Å². The van der Waals surface area contributed by atoms with Gasteiger partial charge >= 0.3 is 6.18 Å². The largest absolute Gasteiger partial charge is 0.417 e. The van der Waals surface area contributed by atoms with Gasteiger partial charge in [0.2, 0.25) is 0 Å². The van der Waals surface area contributed by atoms with Crippen molar-refractivity contribution in [2.75, 3.05) is 0 Å². The number of benzene rings is 2. The number of aromatic nitrogens is 1. The van der Waals surface area contributed by atoms with Gasteiger partial charge in [-0.1, -0.05) is 60.7 Å². The second-order valence-corrected chi connectivity index (χ2v) is 5.23. The monoisotopic (exact) mass is 325 g/mol. The quantitative estimate of drug-likeness (QED) is 0.543. The normalized spacial score (nSPS) is 11.8.